The SMILES string of the molecule is CCNC(CC)c1nnc(-c2cc(F)ccc2F)s1. The average Bonchev–Trinajstić information content (AvgIpc) is 2.88. The Hall–Kier alpha value is -1.40. The summed E-state index contributed by atoms with van der Waals surface area (Å²) in [6, 6.07) is 3.45. The molecule has 0 aliphatic rings. The standard InChI is InChI=1S/C13H15F2N3S/c1-3-11(16-4-2)13-18-17-12(19-13)9-7-8(14)5-6-10(9)15/h5-7,11,16H,3-4H2,1-2H3. The Bertz CT molecular complexity index is 557. The van der Waals surface area contributed by atoms with Gasteiger partial charge >= 0.3 is 0 Å². The number of rotatable bonds is 5. The van der Waals surface area contributed by atoms with Gasteiger partial charge in [-0.1, -0.05) is 25.2 Å². The topological polar surface area (TPSA) is 37.8 Å². The Kier molecular flexibility index (Phi) is 4.55. The van der Waals surface area contributed by atoms with Crippen LogP contribution in [-0.4, -0.2) is 16.7 Å². The van der Waals surface area contributed by atoms with Crippen molar-refractivity contribution in [2.45, 2.75) is 26.3 Å². The molecule has 19 heavy (non-hydrogen) atoms. The van der Waals surface area contributed by atoms with Gasteiger partial charge in [0.05, 0.1) is 11.6 Å². The molecule has 2 aromatic rings. The lowest BCUT2D eigenvalue weighted by Gasteiger charge is -2.10. The third kappa shape index (κ3) is 3.13. The van der Waals surface area contributed by atoms with E-state index < -0.39 is 11.6 Å². The molecule has 6 heteroatoms. The smallest absolute Gasteiger partial charge is 0.150 e. The van der Waals surface area contributed by atoms with Crippen LogP contribution in [0.5, 0.6) is 0 Å². The Morgan fingerprint density at radius 3 is 2.74 bits per heavy atom. The summed E-state index contributed by atoms with van der Waals surface area (Å²) >= 11 is 1.29. The largest absolute Gasteiger partial charge is 0.308 e. The van der Waals surface area contributed by atoms with Crippen LogP contribution >= 0.6 is 11.3 Å². The summed E-state index contributed by atoms with van der Waals surface area (Å²) < 4.78 is 26.8. The molecule has 0 amide bonds. The van der Waals surface area contributed by atoms with E-state index in [1.165, 1.54) is 11.3 Å². The zero-order valence-electron chi connectivity index (χ0n) is 10.8. The molecule has 0 spiro atoms. The molecule has 1 N–H and O–H groups in total. The van der Waals surface area contributed by atoms with Crippen LogP contribution in [0.3, 0.4) is 0 Å². The van der Waals surface area contributed by atoms with Crippen molar-refractivity contribution in [3.05, 3.63) is 34.8 Å². The normalized spacial score (nSPS) is 12.6. The summed E-state index contributed by atoms with van der Waals surface area (Å²) in [5, 5.41) is 12.5. The van der Waals surface area contributed by atoms with Crippen LogP contribution in [-0.2, 0) is 0 Å². The molecule has 0 aliphatic heterocycles. The van der Waals surface area contributed by atoms with Crippen LogP contribution in [0.4, 0.5) is 8.78 Å². The van der Waals surface area contributed by atoms with E-state index in [1.807, 2.05) is 13.8 Å². The predicted molar refractivity (Wildman–Crippen MR) is 72.0 cm³/mol. The Morgan fingerprint density at radius 1 is 1.26 bits per heavy atom. The Labute approximate surface area is 114 Å². The van der Waals surface area contributed by atoms with E-state index in [-0.39, 0.29) is 11.6 Å². The molecule has 0 aliphatic carbocycles. The van der Waals surface area contributed by atoms with Crippen LogP contribution in [0, 0.1) is 11.6 Å². The van der Waals surface area contributed by atoms with Crippen molar-refractivity contribution in [3.63, 3.8) is 0 Å². The van der Waals surface area contributed by atoms with E-state index in [2.05, 4.69) is 15.5 Å². The summed E-state index contributed by atoms with van der Waals surface area (Å²) in [5.74, 6) is -0.965. The van der Waals surface area contributed by atoms with E-state index in [9.17, 15) is 8.78 Å². The van der Waals surface area contributed by atoms with Gasteiger partial charge in [0.1, 0.15) is 16.6 Å². The third-order valence-corrected chi connectivity index (χ3v) is 3.83. The lowest BCUT2D eigenvalue weighted by Crippen LogP contribution is -2.19. The molecule has 1 atom stereocenters. The number of halogens is 2. The van der Waals surface area contributed by atoms with Crippen molar-refractivity contribution in [3.8, 4) is 10.6 Å². The highest BCUT2D eigenvalue weighted by Gasteiger charge is 2.17. The van der Waals surface area contributed by atoms with E-state index in [0.717, 1.165) is 36.2 Å². The molecule has 102 valence electrons. The fourth-order valence-electron chi connectivity index (χ4n) is 1.80. The summed E-state index contributed by atoms with van der Waals surface area (Å²) in [7, 11) is 0. The van der Waals surface area contributed by atoms with Crippen molar-refractivity contribution < 1.29 is 8.78 Å². The van der Waals surface area contributed by atoms with Crippen molar-refractivity contribution in [2.75, 3.05) is 6.54 Å². The minimum atomic E-state index is -0.486. The van der Waals surface area contributed by atoms with Gasteiger partial charge in [0, 0.05) is 0 Å². The second-order valence-corrected chi connectivity index (χ2v) is 5.10. The first kappa shape index (κ1) is 14.0. The highest BCUT2D eigenvalue weighted by Crippen LogP contribution is 2.30. The number of benzene rings is 1. The molecular formula is C13H15F2N3S. The zero-order valence-corrected chi connectivity index (χ0v) is 11.6. The molecule has 1 heterocycles. The van der Waals surface area contributed by atoms with E-state index in [4.69, 9.17) is 0 Å². The molecule has 1 aromatic carbocycles. The number of hydrogen-bond donors (Lipinski definition) is 1. The van der Waals surface area contributed by atoms with Gasteiger partial charge in [0.15, 0.2) is 5.01 Å². The molecule has 0 saturated heterocycles. The summed E-state index contributed by atoms with van der Waals surface area (Å²) in [6.45, 7) is 4.87. The van der Waals surface area contributed by atoms with Gasteiger partial charge in [0.25, 0.3) is 0 Å². The fourth-order valence-corrected chi connectivity index (χ4v) is 2.82. The molecule has 2 rings (SSSR count). The van der Waals surface area contributed by atoms with Gasteiger partial charge in [-0.15, -0.1) is 10.2 Å². The van der Waals surface area contributed by atoms with Gasteiger partial charge in [-0.2, -0.15) is 0 Å². The molecule has 0 saturated carbocycles. The lowest BCUT2D eigenvalue weighted by atomic mass is 10.2. The highest BCUT2D eigenvalue weighted by atomic mass is 32.1. The summed E-state index contributed by atoms with van der Waals surface area (Å²) in [5.41, 5.74) is 0.162. The van der Waals surface area contributed by atoms with Crippen LogP contribution in [0.15, 0.2) is 18.2 Å². The number of nitrogens with one attached hydrogen (secondary N) is 1. The fraction of sp³-hybridized carbons (Fsp3) is 0.385. The quantitative estimate of drug-likeness (QED) is 0.912. The molecule has 1 aromatic heterocycles. The first-order valence-corrected chi connectivity index (χ1v) is 6.99. The van der Waals surface area contributed by atoms with Gasteiger partial charge < -0.3 is 5.32 Å². The van der Waals surface area contributed by atoms with Crippen LogP contribution in [0.25, 0.3) is 10.6 Å². The van der Waals surface area contributed by atoms with E-state index >= 15 is 0 Å². The predicted octanol–water partition coefficient (Wildman–Crippen LogP) is 3.54. The summed E-state index contributed by atoms with van der Waals surface area (Å²) in [6.07, 6.45) is 0.869. The van der Waals surface area contributed by atoms with E-state index in [0.29, 0.717) is 5.01 Å². The Balaban J connectivity index is 2.32. The van der Waals surface area contributed by atoms with Gasteiger partial charge in [-0.3, -0.25) is 0 Å². The molecule has 0 radical (unpaired) electrons. The van der Waals surface area contributed by atoms with Crippen molar-refractivity contribution in [1.29, 1.82) is 0 Å². The molecule has 1 unspecified atom stereocenters. The Morgan fingerprint density at radius 2 is 2.05 bits per heavy atom. The lowest BCUT2D eigenvalue weighted by molar-refractivity contribution is 0.531. The zero-order chi connectivity index (χ0) is 13.8. The van der Waals surface area contributed by atoms with Crippen LogP contribution < -0.4 is 5.32 Å². The first-order chi connectivity index (χ1) is 9.15. The van der Waals surface area contributed by atoms with Gasteiger partial charge in [-0.25, -0.2) is 8.78 Å². The maximum Gasteiger partial charge on any atom is 0.150 e. The van der Waals surface area contributed by atoms with Crippen LogP contribution in [0.2, 0.25) is 0 Å². The number of aromatic nitrogens is 2. The molecular weight excluding hydrogens is 268 g/mol. The average molecular weight is 283 g/mol. The van der Waals surface area contributed by atoms with Gasteiger partial charge in [0.2, 0.25) is 0 Å². The molecule has 0 fully saturated rings. The second-order valence-electron chi connectivity index (χ2n) is 4.09. The first-order valence-electron chi connectivity index (χ1n) is 6.17. The van der Waals surface area contributed by atoms with E-state index in [1.54, 1.807) is 0 Å². The maximum absolute atomic E-state index is 13.7. The maximum atomic E-state index is 13.7. The van der Waals surface area contributed by atoms with Crippen molar-refractivity contribution in [1.82, 2.24) is 15.5 Å². The van der Waals surface area contributed by atoms with Crippen LogP contribution in [0.1, 0.15) is 31.3 Å². The minimum absolute atomic E-state index is 0.105. The number of nitrogens with zero attached hydrogens (tertiary/aromatic N) is 2. The van der Waals surface area contributed by atoms with Crippen molar-refractivity contribution >= 4 is 11.3 Å². The minimum Gasteiger partial charge on any atom is -0.308 e. The highest BCUT2D eigenvalue weighted by molar-refractivity contribution is 7.14. The molecule has 3 nitrogen and oxygen atoms in total. The summed E-state index contributed by atoms with van der Waals surface area (Å²) in [4.78, 5) is 0. The van der Waals surface area contributed by atoms with Crippen molar-refractivity contribution in [2.24, 2.45) is 0 Å². The third-order valence-electron chi connectivity index (χ3n) is 2.76. The van der Waals surface area contributed by atoms with Gasteiger partial charge in [-0.05, 0) is 31.2 Å². The molecule has 0 bridgehead atoms. The monoisotopic (exact) mass is 283 g/mol. The number of hydrogen-bond acceptors (Lipinski definition) is 4. The second kappa shape index (κ2) is 6.16.